The van der Waals surface area contributed by atoms with Crippen molar-refractivity contribution in [1.82, 2.24) is 0 Å². The highest BCUT2D eigenvalue weighted by atomic mass is 32.2. The molecule has 0 saturated carbocycles. The average Bonchev–Trinajstić information content (AvgIpc) is 2.57. The summed E-state index contributed by atoms with van der Waals surface area (Å²) in [5.41, 5.74) is 1.37. The van der Waals surface area contributed by atoms with Gasteiger partial charge in [-0.1, -0.05) is 0 Å². The quantitative estimate of drug-likeness (QED) is 0.625. The molecule has 2 aromatic rings. The van der Waals surface area contributed by atoms with Crippen LogP contribution in [0.15, 0.2) is 53.4 Å². The minimum atomic E-state index is -0.124. The van der Waals surface area contributed by atoms with Crippen LogP contribution in [0.25, 0.3) is 0 Å². The number of carbonyl (C=O) groups excluding carboxylic acids is 1. The molecule has 0 aliphatic heterocycles. The van der Waals surface area contributed by atoms with E-state index in [1.807, 2.05) is 54.8 Å². The fourth-order valence-electron chi connectivity index (χ4n) is 1.82. The van der Waals surface area contributed by atoms with Gasteiger partial charge in [0.1, 0.15) is 12.4 Å². The first-order chi connectivity index (χ1) is 10.7. The van der Waals surface area contributed by atoms with Gasteiger partial charge in [0.15, 0.2) is 0 Å². The van der Waals surface area contributed by atoms with Gasteiger partial charge in [-0.2, -0.15) is 0 Å². The largest absolute Gasteiger partial charge is 0.491 e. The van der Waals surface area contributed by atoms with Gasteiger partial charge >= 0.3 is 0 Å². The number of carbonyl (C=O) groups is 1. The van der Waals surface area contributed by atoms with Crippen molar-refractivity contribution in [2.75, 3.05) is 31.9 Å². The predicted molar refractivity (Wildman–Crippen MR) is 90.0 cm³/mol. The van der Waals surface area contributed by atoms with Gasteiger partial charge in [-0.15, -0.1) is 11.8 Å². The number of ether oxygens (including phenoxy) is 2. The second-order valence-corrected chi connectivity index (χ2v) is 5.43. The summed E-state index contributed by atoms with van der Waals surface area (Å²) in [5, 5.41) is 2.86. The minimum absolute atomic E-state index is 0.124. The molecule has 4 nitrogen and oxygen atoms in total. The zero-order valence-corrected chi connectivity index (χ0v) is 13.5. The lowest BCUT2D eigenvalue weighted by atomic mass is 10.2. The van der Waals surface area contributed by atoms with Gasteiger partial charge in [-0.25, -0.2) is 0 Å². The van der Waals surface area contributed by atoms with Crippen LogP contribution in [0.2, 0.25) is 0 Å². The highest BCUT2D eigenvalue weighted by Crippen LogP contribution is 2.18. The van der Waals surface area contributed by atoms with Crippen molar-refractivity contribution >= 4 is 23.4 Å². The predicted octanol–water partition coefficient (Wildman–Crippen LogP) is 3.69. The summed E-state index contributed by atoms with van der Waals surface area (Å²) < 4.78 is 10.4. The smallest absolute Gasteiger partial charge is 0.255 e. The first kappa shape index (κ1) is 16.4. The van der Waals surface area contributed by atoms with Gasteiger partial charge in [0.25, 0.3) is 5.91 Å². The first-order valence-corrected chi connectivity index (χ1v) is 8.12. The third-order valence-electron chi connectivity index (χ3n) is 3.02. The van der Waals surface area contributed by atoms with Gasteiger partial charge in [0.05, 0.1) is 6.61 Å². The number of benzene rings is 2. The zero-order valence-electron chi connectivity index (χ0n) is 12.7. The number of methoxy groups -OCH3 is 1. The standard InChI is InChI=1S/C17H19NO3S/c1-20-11-12-21-15-7-5-14(6-8-15)18-17(19)13-3-9-16(22-2)10-4-13/h3-10H,11-12H2,1-2H3,(H,18,19). The molecule has 0 saturated heterocycles. The van der Waals surface area contributed by atoms with Gasteiger partial charge in [0, 0.05) is 23.3 Å². The van der Waals surface area contributed by atoms with Crippen LogP contribution in [-0.4, -0.2) is 32.5 Å². The molecule has 2 rings (SSSR count). The Kier molecular flexibility index (Phi) is 6.30. The second kappa shape index (κ2) is 8.46. The van der Waals surface area contributed by atoms with E-state index in [0.29, 0.717) is 18.8 Å². The molecule has 22 heavy (non-hydrogen) atoms. The summed E-state index contributed by atoms with van der Waals surface area (Å²) in [4.78, 5) is 13.3. The molecule has 0 radical (unpaired) electrons. The summed E-state index contributed by atoms with van der Waals surface area (Å²) in [7, 11) is 1.63. The maximum absolute atomic E-state index is 12.1. The summed E-state index contributed by atoms with van der Waals surface area (Å²) in [6, 6.07) is 14.8. The summed E-state index contributed by atoms with van der Waals surface area (Å²) in [5.74, 6) is 0.625. The van der Waals surface area contributed by atoms with E-state index in [4.69, 9.17) is 9.47 Å². The Morgan fingerprint density at radius 1 is 1.05 bits per heavy atom. The Bertz CT molecular complexity index is 596. The van der Waals surface area contributed by atoms with Crippen molar-refractivity contribution in [2.24, 2.45) is 0 Å². The number of thioether (sulfide) groups is 1. The van der Waals surface area contributed by atoms with Crippen LogP contribution in [0.4, 0.5) is 5.69 Å². The van der Waals surface area contributed by atoms with Crippen LogP contribution in [0.5, 0.6) is 5.75 Å². The highest BCUT2D eigenvalue weighted by molar-refractivity contribution is 7.98. The molecule has 2 aromatic carbocycles. The molecular formula is C17H19NO3S. The second-order valence-electron chi connectivity index (χ2n) is 4.55. The third-order valence-corrected chi connectivity index (χ3v) is 3.76. The van der Waals surface area contributed by atoms with Crippen LogP contribution in [0.1, 0.15) is 10.4 Å². The monoisotopic (exact) mass is 317 g/mol. The van der Waals surface area contributed by atoms with Crippen LogP contribution >= 0.6 is 11.8 Å². The number of hydrogen-bond donors (Lipinski definition) is 1. The van der Waals surface area contributed by atoms with Gasteiger partial charge in [-0.3, -0.25) is 4.79 Å². The Hall–Kier alpha value is -1.98. The van der Waals surface area contributed by atoms with Crippen molar-refractivity contribution in [3.63, 3.8) is 0 Å². The molecule has 0 unspecified atom stereocenters. The molecular weight excluding hydrogens is 298 g/mol. The van der Waals surface area contributed by atoms with Crippen molar-refractivity contribution in [2.45, 2.75) is 4.90 Å². The van der Waals surface area contributed by atoms with Crippen LogP contribution in [-0.2, 0) is 4.74 Å². The van der Waals surface area contributed by atoms with Crippen LogP contribution < -0.4 is 10.1 Å². The van der Waals surface area contributed by atoms with E-state index < -0.39 is 0 Å². The molecule has 0 aliphatic rings. The normalized spacial score (nSPS) is 10.3. The Labute approximate surface area is 134 Å². The van der Waals surface area contributed by atoms with E-state index in [0.717, 1.165) is 16.3 Å². The molecule has 0 spiro atoms. The molecule has 0 bridgehead atoms. The lowest BCUT2D eigenvalue weighted by Gasteiger charge is -2.08. The molecule has 116 valence electrons. The maximum atomic E-state index is 12.1. The number of rotatable bonds is 7. The molecule has 1 N–H and O–H groups in total. The molecule has 1 amide bonds. The topological polar surface area (TPSA) is 47.6 Å². The first-order valence-electron chi connectivity index (χ1n) is 6.90. The van der Waals surface area contributed by atoms with E-state index in [1.165, 1.54) is 0 Å². The summed E-state index contributed by atoms with van der Waals surface area (Å²) >= 11 is 1.65. The molecule has 5 heteroatoms. The average molecular weight is 317 g/mol. The highest BCUT2D eigenvalue weighted by Gasteiger charge is 2.06. The third kappa shape index (κ3) is 4.79. The summed E-state index contributed by atoms with van der Waals surface area (Å²) in [6.07, 6.45) is 2.01. The van der Waals surface area contributed by atoms with Crippen LogP contribution in [0.3, 0.4) is 0 Å². The zero-order chi connectivity index (χ0) is 15.8. The van der Waals surface area contributed by atoms with Crippen molar-refractivity contribution in [1.29, 1.82) is 0 Å². The maximum Gasteiger partial charge on any atom is 0.255 e. The van der Waals surface area contributed by atoms with Crippen molar-refractivity contribution in [3.05, 3.63) is 54.1 Å². The molecule has 0 fully saturated rings. The van der Waals surface area contributed by atoms with Gasteiger partial charge in [0.2, 0.25) is 0 Å². The number of nitrogens with one attached hydrogen (secondary N) is 1. The Morgan fingerprint density at radius 3 is 2.32 bits per heavy atom. The van der Waals surface area contributed by atoms with Crippen molar-refractivity contribution < 1.29 is 14.3 Å². The minimum Gasteiger partial charge on any atom is -0.491 e. The Morgan fingerprint density at radius 2 is 1.73 bits per heavy atom. The number of anilines is 1. The van der Waals surface area contributed by atoms with Crippen LogP contribution in [0, 0.1) is 0 Å². The molecule has 0 atom stereocenters. The van der Waals surface area contributed by atoms with Crippen molar-refractivity contribution in [3.8, 4) is 5.75 Å². The van der Waals surface area contributed by atoms with Gasteiger partial charge in [-0.05, 0) is 54.8 Å². The number of hydrogen-bond acceptors (Lipinski definition) is 4. The van der Waals surface area contributed by atoms with E-state index in [9.17, 15) is 4.79 Å². The van der Waals surface area contributed by atoms with Gasteiger partial charge < -0.3 is 14.8 Å². The lowest BCUT2D eigenvalue weighted by Crippen LogP contribution is -2.11. The molecule has 0 aromatic heterocycles. The van der Waals surface area contributed by atoms with E-state index in [1.54, 1.807) is 18.9 Å². The lowest BCUT2D eigenvalue weighted by molar-refractivity contribution is 0.102. The van der Waals surface area contributed by atoms with E-state index >= 15 is 0 Å². The Balaban J connectivity index is 1.93. The van der Waals surface area contributed by atoms with E-state index in [2.05, 4.69) is 5.32 Å². The number of amides is 1. The SMILES string of the molecule is COCCOc1ccc(NC(=O)c2ccc(SC)cc2)cc1. The fourth-order valence-corrected chi connectivity index (χ4v) is 2.23. The fraction of sp³-hybridized carbons (Fsp3) is 0.235. The molecule has 0 heterocycles. The van der Waals surface area contributed by atoms with E-state index in [-0.39, 0.29) is 5.91 Å². The molecule has 0 aliphatic carbocycles. The summed E-state index contributed by atoms with van der Waals surface area (Å²) in [6.45, 7) is 1.05.